The second kappa shape index (κ2) is 5.21. The van der Waals surface area contributed by atoms with E-state index in [2.05, 4.69) is 22.2 Å². The van der Waals surface area contributed by atoms with E-state index in [0.29, 0.717) is 22.8 Å². The molecule has 0 atom stereocenters. The van der Waals surface area contributed by atoms with Crippen LogP contribution >= 0.6 is 23.1 Å². The van der Waals surface area contributed by atoms with E-state index < -0.39 is 0 Å². The van der Waals surface area contributed by atoms with E-state index in [1.165, 1.54) is 16.6 Å². The van der Waals surface area contributed by atoms with Gasteiger partial charge in [0.25, 0.3) is 0 Å². The summed E-state index contributed by atoms with van der Waals surface area (Å²) in [4.78, 5) is 22.6. The molecule has 106 valence electrons. The van der Waals surface area contributed by atoms with Crippen LogP contribution in [0.4, 0.5) is 5.82 Å². The van der Waals surface area contributed by atoms with Crippen LogP contribution in [0.5, 0.6) is 0 Å². The van der Waals surface area contributed by atoms with Crippen molar-refractivity contribution < 1.29 is 4.79 Å². The minimum atomic E-state index is 0.0401. The Balaban J connectivity index is 1.76. The highest BCUT2D eigenvalue weighted by atomic mass is 32.2. The summed E-state index contributed by atoms with van der Waals surface area (Å²) in [6, 6.07) is 0.388. The van der Waals surface area contributed by atoms with Gasteiger partial charge in [0.2, 0.25) is 5.91 Å². The van der Waals surface area contributed by atoms with Crippen LogP contribution in [-0.2, 0) is 4.79 Å². The smallest absolute Gasteiger partial charge is 0.230 e. The van der Waals surface area contributed by atoms with Crippen molar-refractivity contribution in [3.05, 3.63) is 10.4 Å². The van der Waals surface area contributed by atoms with Gasteiger partial charge in [0.15, 0.2) is 5.16 Å². The Morgan fingerprint density at radius 2 is 2.20 bits per heavy atom. The van der Waals surface area contributed by atoms with Gasteiger partial charge in [-0.25, -0.2) is 9.97 Å². The van der Waals surface area contributed by atoms with Gasteiger partial charge in [0, 0.05) is 10.9 Å². The number of fused-ring (bicyclic) bond motifs is 1. The molecule has 2 heterocycles. The summed E-state index contributed by atoms with van der Waals surface area (Å²) in [5.41, 5.74) is 7.15. The van der Waals surface area contributed by atoms with E-state index in [9.17, 15) is 4.79 Å². The predicted molar refractivity (Wildman–Crippen MR) is 83.2 cm³/mol. The topological polar surface area (TPSA) is 80.9 Å². The molecule has 1 amide bonds. The molecule has 1 aliphatic rings. The first kappa shape index (κ1) is 13.6. The van der Waals surface area contributed by atoms with Crippen molar-refractivity contribution in [3.63, 3.8) is 0 Å². The molecule has 1 saturated carbocycles. The number of carbonyl (C=O) groups excluding carboxylic acids is 1. The number of nitrogens with two attached hydrogens (primary N) is 1. The van der Waals surface area contributed by atoms with Gasteiger partial charge in [0.1, 0.15) is 10.6 Å². The van der Waals surface area contributed by atoms with Gasteiger partial charge in [-0.2, -0.15) is 0 Å². The zero-order valence-corrected chi connectivity index (χ0v) is 13.0. The maximum absolute atomic E-state index is 11.7. The lowest BCUT2D eigenvalue weighted by molar-refractivity contribution is -0.118. The van der Waals surface area contributed by atoms with Gasteiger partial charge in [-0.3, -0.25) is 4.79 Å². The van der Waals surface area contributed by atoms with E-state index in [0.717, 1.165) is 28.6 Å². The van der Waals surface area contributed by atoms with E-state index >= 15 is 0 Å². The summed E-state index contributed by atoms with van der Waals surface area (Å²) < 4.78 is 0. The minimum Gasteiger partial charge on any atom is -0.383 e. The average molecular weight is 308 g/mol. The molecule has 7 heteroatoms. The molecular weight excluding hydrogens is 292 g/mol. The van der Waals surface area contributed by atoms with Crippen molar-refractivity contribution in [3.8, 4) is 0 Å². The monoisotopic (exact) mass is 308 g/mol. The Morgan fingerprint density at radius 3 is 2.90 bits per heavy atom. The maximum Gasteiger partial charge on any atom is 0.230 e. The third kappa shape index (κ3) is 2.73. The summed E-state index contributed by atoms with van der Waals surface area (Å²) in [5.74, 6) is 0.880. The van der Waals surface area contributed by atoms with Crippen molar-refractivity contribution in [1.29, 1.82) is 0 Å². The molecular formula is C13H16N4OS2. The third-order valence-corrected chi connectivity index (χ3v) is 5.26. The molecule has 0 unspecified atom stereocenters. The lowest BCUT2D eigenvalue weighted by atomic mass is 10.2. The molecule has 3 rings (SSSR count). The molecule has 2 aromatic rings. The number of anilines is 1. The van der Waals surface area contributed by atoms with Gasteiger partial charge in [-0.15, -0.1) is 11.3 Å². The van der Waals surface area contributed by atoms with Gasteiger partial charge in [0.05, 0.1) is 11.1 Å². The SMILES string of the molecule is Cc1sc2nc(SCC(=O)NC3CC3)nc(N)c2c1C. The molecule has 0 aliphatic heterocycles. The number of amides is 1. The van der Waals surface area contributed by atoms with Crippen molar-refractivity contribution in [1.82, 2.24) is 15.3 Å². The average Bonchev–Trinajstić information content (AvgIpc) is 3.14. The Kier molecular flexibility index (Phi) is 3.55. The first-order chi connectivity index (χ1) is 9.54. The summed E-state index contributed by atoms with van der Waals surface area (Å²) in [6.07, 6.45) is 2.19. The Hall–Kier alpha value is -1.34. The van der Waals surface area contributed by atoms with Crippen molar-refractivity contribution >= 4 is 45.0 Å². The van der Waals surface area contributed by atoms with Crippen molar-refractivity contribution in [2.45, 2.75) is 37.9 Å². The molecule has 0 saturated heterocycles. The predicted octanol–water partition coefficient (Wildman–Crippen LogP) is 2.26. The number of hydrogen-bond donors (Lipinski definition) is 2. The molecule has 0 radical (unpaired) electrons. The third-order valence-electron chi connectivity index (χ3n) is 3.31. The number of thioether (sulfide) groups is 1. The number of thiophene rings is 1. The number of nitrogens with one attached hydrogen (secondary N) is 1. The second-order valence-corrected chi connectivity index (χ2v) is 7.13. The van der Waals surface area contributed by atoms with Crippen LogP contribution < -0.4 is 11.1 Å². The summed E-state index contributed by atoms with van der Waals surface area (Å²) in [6.45, 7) is 4.08. The van der Waals surface area contributed by atoms with Crippen LogP contribution in [0.25, 0.3) is 10.2 Å². The zero-order chi connectivity index (χ0) is 14.3. The van der Waals surface area contributed by atoms with Gasteiger partial charge < -0.3 is 11.1 Å². The fourth-order valence-electron chi connectivity index (χ4n) is 1.95. The number of hydrogen-bond acceptors (Lipinski definition) is 6. The number of rotatable bonds is 4. The minimum absolute atomic E-state index is 0.0401. The Bertz CT molecular complexity index is 679. The van der Waals surface area contributed by atoms with E-state index in [1.54, 1.807) is 11.3 Å². The molecule has 0 bridgehead atoms. The Morgan fingerprint density at radius 1 is 1.45 bits per heavy atom. The van der Waals surface area contributed by atoms with Crippen LogP contribution in [0.2, 0.25) is 0 Å². The number of carbonyl (C=O) groups is 1. The molecule has 3 N–H and O–H groups in total. The summed E-state index contributed by atoms with van der Waals surface area (Å²) >= 11 is 2.95. The standard InChI is InChI=1S/C13H16N4OS2/c1-6-7(2)20-12-10(6)11(14)16-13(17-12)19-5-9(18)15-8-3-4-8/h8H,3-5H2,1-2H3,(H,15,18)(H2,14,16,17). The number of nitrogen functional groups attached to an aromatic ring is 1. The normalized spacial score (nSPS) is 14.7. The van der Waals surface area contributed by atoms with Crippen LogP contribution in [0.3, 0.4) is 0 Å². The number of aryl methyl sites for hydroxylation is 2. The fraction of sp³-hybridized carbons (Fsp3) is 0.462. The van der Waals surface area contributed by atoms with Crippen LogP contribution in [0, 0.1) is 13.8 Å². The molecule has 5 nitrogen and oxygen atoms in total. The van der Waals surface area contributed by atoms with Crippen LogP contribution in [0.15, 0.2) is 5.16 Å². The van der Waals surface area contributed by atoms with Gasteiger partial charge in [-0.1, -0.05) is 11.8 Å². The largest absolute Gasteiger partial charge is 0.383 e. The molecule has 0 spiro atoms. The fourth-order valence-corrected chi connectivity index (χ4v) is 3.71. The van der Waals surface area contributed by atoms with Crippen molar-refractivity contribution in [2.24, 2.45) is 0 Å². The van der Waals surface area contributed by atoms with Crippen molar-refractivity contribution in [2.75, 3.05) is 11.5 Å². The van der Waals surface area contributed by atoms with Crippen LogP contribution in [0.1, 0.15) is 23.3 Å². The second-order valence-electron chi connectivity index (χ2n) is 4.99. The first-order valence-electron chi connectivity index (χ1n) is 6.50. The maximum atomic E-state index is 11.7. The summed E-state index contributed by atoms with van der Waals surface area (Å²) in [5, 5.41) is 4.46. The lowest BCUT2D eigenvalue weighted by Gasteiger charge is -2.04. The molecule has 1 fully saturated rings. The van der Waals surface area contributed by atoms with Gasteiger partial charge in [-0.05, 0) is 32.3 Å². The summed E-state index contributed by atoms with van der Waals surface area (Å²) in [7, 11) is 0. The van der Waals surface area contributed by atoms with Crippen LogP contribution in [-0.4, -0.2) is 27.7 Å². The lowest BCUT2D eigenvalue weighted by Crippen LogP contribution is -2.27. The van der Waals surface area contributed by atoms with E-state index in [1.807, 2.05) is 6.92 Å². The number of aromatic nitrogens is 2. The Labute approximate surface area is 125 Å². The highest BCUT2D eigenvalue weighted by Crippen LogP contribution is 2.33. The molecule has 2 aromatic heterocycles. The van der Waals surface area contributed by atoms with Gasteiger partial charge >= 0.3 is 0 Å². The first-order valence-corrected chi connectivity index (χ1v) is 8.30. The van der Waals surface area contributed by atoms with E-state index in [-0.39, 0.29) is 5.91 Å². The highest BCUT2D eigenvalue weighted by molar-refractivity contribution is 7.99. The quantitative estimate of drug-likeness (QED) is 0.669. The molecule has 1 aliphatic carbocycles. The zero-order valence-electron chi connectivity index (χ0n) is 11.4. The molecule has 0 aromatic carbocycles. The van der Waals surface area contributed by atoms with E-state index in [4.69, 9.17) is 5.73 Å². The number of nitrogens with zero attached hydrogens (tertiary/aromatic N) is 2. The molecule has 20 heavy (non-hydrogen) atoms. The highest BCUT2D eigenvalue weighted by Gasteiger charge is 2.23.